The van der Waals surface area contributed by atoms with E-state index in [0.29, 0.717) is 19.5 Å². The Hall–Kier alpha value is -2.37. The van der Waals surface area contributed by atoms with Crippen LogP contribution in [-0.2, 0) is 16.0 Å². The number of halogens is 1. The Morgan fingerprint density at radius 2 is 1.82 bits per heavy atom. The smallest absolute Gasteiger partial charge is 0.410 e. The third-order valence-corrected chi connectivity index (χ3v) is 5.08. The van der Waals surface area contributed by atoms with Gasteiger partial charge in [0.1, 0.15) is 11.4 Å². The summed E-state index contributed by atoms with van der Waals surface area (Å²) in [5.74, 6) is -0.222. The molecule has 1 aromatic carbocycles. The average Bonchev–Trinajstić information content (AvgIpc) is 3.17. The van der Waals surface area contributed by atoms with Crippen molar-refractivity contribution in [2.24, 2.45) is 0 Å². The van der Waals surface area contributed by atoms with Crippen molar-refractivity contribution in [3.63, 3.8) is 0 Å². The zero-order chi connectivity index (χ0) is 20.3. The van der Waals surface area contributed by atoms with Gasteiger partial charge >= 0.3 is 6.09 Å². The van der Waals surface area contributed by atoms with Crippen molar-refractivity contribution >= 4 is 17.6 Å². The van der Waals surface area contributed by atoms with Gasteiger partial charge in [-0.1, -0.05) is 12.1 Å². The average molecular weight is 388 g/mol. The maximum Gasteiger partial charge on any atom is 0.410 e. The number of benzene rings is 1. The summed E-state index contributed by atoms with van der Waals surface area (Å²) in [5, 5.41) is 0. The molecule has 0 aromatic heterocycles. The van der Waals surface area contributed by atoms with Crippen LogP contribution in [0.15, 0.2) is 24.3 Å². The number of carbonyl (C=O) groups is 2. The fourth-order valence-electron chi connectivity index (χ4n) is 3.65. The van der Waals surface area contributed by atoms with Gasteiger partial charge in [-0.2, -0.15) is 0 Å². The highest BCUT2D eigenvalue weighted by Crippen LogP contribution is 2.28. The molecule has 0 atom stereocenters. The molecule has 3 rings (SSSR count). The lowest BCUT2D eigenvalue weighted by Gasteiger charge is -2.30. The third kappa shape index (κ3) is 5.12. The fourth-order valence-corrected chi connectivity index (χ4v) is 3.65. The summed E-state index contributed by atoms with van der Waals surface area (Å²) in [6, 6.07) is 4.62. The Morgan fingerprint density at radius 1 is 1.11 bits per heavy atom. The topological polar surface area (TPSA) is 49.9 Å². The second-order valence-electron chi connectivity index (χ2n) is 8.47. The second-order valence-corrected chi connectivity index (χ2v) is 8.47. The summed E-state index contributed by atoms with van der Waals surface area (Å²) in [6.07, 6.45) is 4.58. The monoisotopic (exact) mass is 388 g/mol. The number of hydrogen-bond acceptors (Lipinski definition) is 3. The number of carbonyl (C=O) groups excluding carboxylic acids is 2. The highest BCUT2D eigenvalue weighted by atomic mass is 19.1. The van der Waals surface area contributed by atoms with Crippen molar-refractivity contribution in [1.82, 2.24) is 9.80 Å². The molecule has 1 fully saturated rings. The maximum absolute atomic E-state index is 13.9. The first-order chi connectivity index (χ1) is 13.2. The molecule has 0 N–H and O–H groups in total. The molecule has 0 bridgehead atoms. The summed E-state index contributed by atoms with van der Waals surface area (Å²) in [6.45, 7) is 8.06. The largest absolute Gasteiger partial charge is 0.444 e. The van der Waals surface area contributed by atoms with E-state index < -0.39 is 5.60 Å². The molecule has 28 heavy (non-hydrogen) atoms. The first kappa shape index (κ1) is 20.4. The van der Waals surface area contributed by atoms with E-state index in [0.717, 1.165) is 42.6 Å². The number of likely N-dealkylation sites (tertiary alicyclic amines) is 1. The number of rotatable bonds is 3. The molecule has 2 aliphatic rings. The quantitative estimate of drug-likeness (QED) is 0.786. The zero-order valence-corrected chi connectivity index (χ0v) is 17.0. The summed E-state index contributed by atoms with van der Waals surface area (Å²) in [4.78, 5) is 28.3. The van der Waals surface area contributed by atoms with Gasteiger partial charge in [0.15, 0.2) is 0 Å². The van der Waals surface area contributed by atoms with Crippen molar-refractivity contribution in [2.45, 2.75) is 52.1 Å². The van der Waals surface area contributed by atoms with E-state index in [-0.39, 0.29) is 24.2 Å². The molecule has 0 radical (unpaired) electrons. The van der Waals surface area contributed by atoms with Crippen LogP contribution in [0.5, 0.6) is 0 Å². The molecule has 5 nitrogen and oxygen atoms in total. The molecule has 2 heterocycles. The maximum atomic E-state index is 13.9. The molecule has 0 unspecified atom stereocenters. The van der Waals surface area contributed by atoms with Gasteiger partial charge in [-0.15, -0.1) is 0 Å². The number of nitrogens with zero attached hydrogens (tertiary/aromatic N) is 2. The molecule has 1 saturated heterocycles. The van der Waals surface area contributed by atoms with E-state index in [1.165, 1.54) is 12.1 Å². The second kappa shape index (κ2) is 8.33. The van der Waals surface area contributed by atoms with Crippen molar-refractivity contribution < 1.29 is 18.7 Å². The van der Waals surface area contributed by atoms with Crippen LogP contribution in [0.1, 0.15) is 51.2 Å². The molecule has 6 heteroatoms. The Morgan fingerprint density at radius 3 is 2.43 bits per heavy atom. The van der Waals surface area contributed by atoms with Crippen LogP contribution < -0.4 is 0 Å². The highest BCUT2D eigenvalue weighted by Gasteiger charge is 2.25. The van der Waals surface area contributed by atoms with E-state index in [4.69, 9.17) is 4.74 Å². The van der Waals surface area contributed by atoms with Crippen LogP contribution >= 0.6 is 0 Å². The van der Waals surface area contributed by atoms with Gasteiger partial charge in [-0.25, -0.2) is 9.18 Å². The van der Waals surface area contributed by atoms with Crippen LogP contribution in [0.2, 0.25) is 0 Å². The number of amides is 2. The normalized spacial score (nSPS) is 17.5. The molecular formula is C22H29FN2O3. The minimum Gasteiger partial charge on any atom is -0.444 e. The lowest BCUT2D eigenvalue weighted by atomic mass is 9.93. The van der Waals surface area contributed by atoms with Gasteiger partial charge in [0.25, 0.3) is 0 Å². The Kier molecular flexibility index (Phi) is 6.06. The lowest BCUT2D eigenvalue weighted by molar-refractivity contribution is -0.129. The van der Waals surface area contributed by atoms with Crippen LogP contribution in [0.4, 0.5) is 9.18 Å². The van der Waals surface area contributed by atoms with Crippen molar-refractivity contribution in [3.05, 3.63) is 41.2 Å². The molecule has 1 aromatic rings. The number of ether oxygens (including phenoxy) is 1. The SMILES string of the molecule is CC(C)(C)OC(=O)N1CC=C(c2cc(F)ccc2CC(=O)N2CCCC2)CC1. The highest BCUT2D eigenvalue weighted by molar-refractivity contribution is 5.82. The van der Waals surface area contributed by atoms with E-state index in [1.807, 2.05) is 31.7 Å². The van der Waals surface area contributed by atoms with Crippen molar-refractivity contribution in [2.75, 3.05) is 26.2 Å². The standard InChI is InChI=1S/C22H29FN2O3/c1-22(2,3)28-21(27)25-12-8-16(9-13-25)19-15-18(23)7-6-17(19)14-20(26)24-10-4-5-11-24/h6-8,15H,4-5,9-14H2,1-3H3. The Labute approximate surface area is 166 Å². The predicted octanol–water partition coefficient (Wildman–Crippen LogP) is 4.01. The molecule has 0 saturated carbocycles. The van der Waals surface area contributed by atoms with Crippen LogP contribution in [0.3, 0.4) is 0 Å². The molecule has 2 amide bonds. The molecule has 0 aliphatic carbocycles. The van der Waals surface area contributed by atoms with Crippen molar-refractivity contribution in [1.29, 1.82) is 0 Å². The Balaban J connectivity index is 1.73. The molecule has 152 valence electrons. The first-order valence-corrected chi connectivity index (χ1v) is 9.96. The summed E-state index contributed by atoms with van der Waals surface area (Å²) in [5.41, 5.74) is 2.06. The van der Waals surface area contributed by atoms with Crippen LogP contribution in [0.25, 0.3) is 5.57 Å². The van der Waals surface area contributed by atoms with Crippen molar-refractivity contribution in [3.8, 4) is 0 Å². The zero-order valence-electron chi connectivity index (χ0n) is 17.0. The fraction of sp³-hybridized carbons (Fsp3) is 0.545. The molecule has 2 aliphatic heterocycles. The Bertz CT molecular complexity index is 776. The predicted molar refractivity (Wildman–Crippen MR) is 106 cm³/mol. The number of hydrogen-bond donors (Lipinski definition) is 0. The minimum absolute atomic E-state index is 0.0946. The van der Waals surface area contributed by atoms with Gasteiger partial charge in [0.05, 0.1) is 6.42 Å². The van der Waals surface area contributed by atoms with Gasteiger partial charge in [-0.3, -0.25) is 4.79 Å². The van der Waals surface area contributed by atoms with Gasteiger partial charge < -0.3 is 14.5 Å². The first-order valence-electron chi connectivity index (χ1n) is 9.96. The summed E-state index contributed by atoms with van der Waals surface area (Å²) >= 11 is 0. The van der Waals surface area contributed by atoms with E-state index in [9.17, 15) is 14.0 Å². The van der Waals surface area contributed by atoms with Crippen LogP contribution in [-0.4, -0.2) is 53.6 Å². The van der Waals surface area contributed by atoms with Gasteiger partial charge in [-0.05, 0) is 68.9 Å². The summed E-state index contributed by atoms with van der Waals surface area (Å²) < 4.78 is 19.3. The molecule has 0 spiro atoms. The van der Waals surface area contributed by atoms with E-state index in [2.05, 4.69) is 0 Å². The van der Waals surface area contributed by atoms with E-state index >= 15 is 0 Å². The van der Waals surface area contributed by atoms with Gasteiger partial charge in [0, 0.05) is 26.2 Å². The van der Waals surface area contributed by atoms with Crippen LogP contribution in [0, 0.1) is 5.82 Å². The third-order valence-electron chi connectivity index (χ3n) is 5.08. The lowest BCUT2D eigenvalue weighted by Crippen LogP contribution is -2.39. The molecular weight excluding hydrogens is 359 g/mol. The summed E-state index contributed by atoms with van der Waals surface area (Å²) in [7, 11) is 0. The van der Waals surface area contributed by atoms with Gasteiger partial charge in [0.2, 0.25) is 5.91 Å². The minimum atomic E-state index is -0.535. The van der Waals surface area contributed by atoms with E-state index in [1.54, 1.807) is 11.0 Å².